The number of fused-ring (bicyclic) bond motifs is 1. The van der Waals surface area contributed by atoms with Crippen LogP contribution in [0.1, 0.15) is 60.1 Å². The van der Waals surface area contributed by atoms with Crippen LogP contribution in [0.25, 0.3) is 23.1 Å². The van der Waals surface area contributed by atoms with Gasteiger partial charge in [-0.25, -0.2) is 9.67 Å². The Balaban J connectivity index is 1.53. The smallest absolute Gasteiger partial charge is 0.225 e. The number of nitrogens with zero attached hydrogens (tertiary/aromatic N) is 5. The van der Waals surface area contributed by atoms with E-state index in [9.17, 15) is 0 Å². The summed E-state index contributed by atoms with van der Waals surface area (Å²) in [6.07, 6.45) is 15.7. The van der Waals surface area contributed by atoms with Crippen LogP contribution in [-0.2, 0) is 12.6 Å². The summed E-state index contributed by atoms with van der Waals surface area (Å²) in [5, 5.41) is 10.7. The summed E-state index contributed by atoms with van der Waals surface area (Å²) < 4.78 is 10.7. The van der Waals surface area contributed by atoms with Crippen molar-refractivity contribution in [3.63, 3.8) is 0 Å². The van der Waals surface area contributed by atoms with E-state index in [2.05, 4.69) is 119 Å². The van der Waals surface area contributed by atoms with E-state index < -0.39 is 5.54 Å². The second-order valence-electron chi connectivity index (χ2n) is 11.3. The van der Waals surface area contributed by atoms with Crippen molar-refractivity contribution in [2.75, 3.05) is 0 Å². The van der Waals surface area contributed by atoms with E-state index in [1.165, 1.54) is 19.3 Å². The summed E-state index contributed by atoms with van der Waals surface area (Å²) >= 11 is 0. The summed E-state index contributed by atoms with van der Waals surface area (Å²) in [7, 11) is 1.93. The Bertz CT molecular complexity index is 1740. The Morgan fingerprint density at radius 1 is 0.767 bits per heavy atom. The lowest BCUT2D eigenvalue weighted by Gasteiger charge is -2.37. The summed E-state index contributed by atoms with van der Waals surface area (Å²) in [5.74, 6) is 0.643. The van der Waals surface area contributed by atoms with Gasteiger partial charge in [0, 0.05) is 25.0 Å². The first-order valence-electron chi connectivity index (χ1n) is 15.1. The zero-order valence-electron chi connectivity index (χ0n) is 24.4. The molecule has 3 aromatic heterocycles. The molecule has 0 spiro atoms. The monoisotopic (exact) mass is 565 g/mol. The number of pyridine rings is 1. The fourth-order valence-corrected chi connectivity index (χ4v) is 6.47. The van der Waals surface area contributed by atoms with Crippen molar-refractivity contribution in [2.24, 2.45) is 7.05 Å². The largest absolute Gasteiger partial charge is 0.474 e. The first kappa shape index (κ1) is 26.9. The molecule has 0 saturated heterocycles. The first-order valence-corrected chi connectivity index (χ1v) is 15.1. The first-order chi connectivity index (χ1) is 21.2. The SMILES string of the molecule is Cn1cc(C=Cc2nn(C(c3ccccc3)(c3ccccc3)c3ccccc3)c3ccnc(OC4CCCCC4)c23)cn1. The van der Waals surface area contributed by atoms with Crippen LogP contribution in [-0.4, -0.2) is 30.6 Å². The van der Waals surface area contributed by atoms with Crippen LogP contribution >= 0.6 is 0 Å². The summed E-state index contributed by atoms with van der Waals surface area (Å²) in [6, 6.07) is 34.0. The molecule has 0 atom stereocenters. The fraction of sp³-hybridized carbons (Fsp3) is 0.216. The Morgan fingerprint density at radius 3 is 1.93 bits per heavy atom. The van der Waals surface area contributed by atoms with Gasteiger partial charge in [-0.15, -0.1) is 0 Å². The number of rotatable bonds is 8. The van der Waals surface area contributed by atoms with Gasteiger partial charge >= 0.3 is 0 Å². The summed E-state index contributed by atoms with van der Waals surface area (Å²) in [6.45, 7) is 0. The average molecular weight is 566 g/mol. The van der Waals surface area contributed by atoms with Gasteiger partial charge in [-0.05, 0) is 60.6 Å². The lowest BCUT2D eigenvalue weighted by Crippen LogP contribution is -2.38. The van der Waals surface area contributed by atoms with Crippen molar-refractivity contribution in [1.82, 2.24) is 24.5 Å². The molecule has 0 radical (unpaired) electrons. The second-order valence-corrected chi connectivity index (χ2v) is 11.3. The molecular weight excluding hydrogens is 530 g/mol. The molecule has 0 amide bonds. The van der Waals surface area contributed by atoms with Gasteiger partial charge in [-0.3, -0.25) is 4.68 Å². The number of aromatic nitrogens is 5. The van der Waals surface area contributed by atoms with Gasteiger partial charge < -0.3 is 4.74 Å². The molecule has 1 saturated carbocycles. The van der Waals surface area contributed by atoms with Crippen LogP contribution in [0, 0.1) is 0 Å². The maximum Gasteiger partial charge on any atom is 0.225 e. The van der Waals surface area contributed by atoms with Crippen molar-refractivity contribution < 1.29 is 4.74 Å². The van der Waals surface area contributed by atoms with Gasteiger partial charge in [0.05, 0.1) is 22.8 Å². The zero-order valence-corrected chi connectivity index (χ0v) is 24.4. The molecule has 1 aliphatic rings. The molecule has 0 N–H and O–H groups in total. The van der Waals surface area contributed by atoms with Gasteiger partial charge in [0.15, 0.2) is 0 Å². The lowest BCUT2D eigenvalue weighted by molar-refractivity contribution is 0.151. The quantitative estimate of drug-likeness (QED) is 0.176. The Morgan fingerprint density at radius 2 is 1.37 bits per heavy atom. The molecule has 1 aliphatic carbocycles. The molecule has 6 heteroatoms. The van der Waals surface area contributed by atoms with E-state index in [-0.39, 0.29) is 6.10 Å². The van der Waals surface area contributed by atoms with Gasteiger partial charge in [0.2, 0.25) is 5.88 Å². The standard InChI is InChI=1S/C37H35N5O/c1-41-27-28(26-39-41)22-23-33-35-34(24-25-38-36(35)43-32-20-12-5-13-21-32)42(40-33)37(29-14-6-2-7-15-29,30-16-8-3-9-17-30)31-18-10-4-11-19-31/h2-4,6-11,14-19,22-27,32H,5,12-13,20-21H2,1H3. The van der Waals surface area contributed by atoms with Crippen LogP contribution in [0.3, 0.4) is 0 Å². The predicted molar refractivity (Wildman–Crippen MR) is 172 cm³/mol. The topological polar surface area (TPSA) is 57.8 Å². The number of aryl methyl sites for hydroxylation is 1. The predicted octanol–water partition coefficient (Wildman–Crippen LogP) is 7.89. The van der Waals surface area contributed by atoms with Crippen LogP contribution in [0.2, 0.25) is 0 Å². The minimum Gasteiger partial charge on any atom is -0.474 e. The molecule has 7 rings (SSSR count). The van der Waals surface area contributed by atoms with E-state index >= 15 is 0 Å². The number of hydrogen-bond donors (Lipinski definition) is 0. The molecule has 0 bridgehead atoms. The number of ether oxygens (including phenoxy) is 1. The summed E-state index contributed by atoms with van der Waals surface area (Å²) in [4.78, 5) is 4.81. The van der Waals surface area contributed by atoms with Crippen molar-refractivity contribution in [3.05, 3.63) is 144 Å². The van der Waals surface area contributed by atoms with Gasteiger partial charge in [-0.1, -0.05) is 97.4 Å². The zero-order chi connectivity index (χ0) is 29.1. The molecule has 6 nitrogen and oxygen atoms in total. The van der Waals surface area contributed by atoms with E-state index in [0.717, 1.165) is 51.7 Å². The number of benzene rings is 3. The Hall–Kier alpha value is -4.97. The highest BCUT2D eigenvalue weighted by Crippen LogP contribution is 2.44. The molecule has 0 aliphatic heterocycles. The van der Waals surface area contributed by atoms with Crippen LogP contribution in [0.4, 0.5) is 0 Å². The second kappa shape index (κ2) is 11.7. The minimum atomic E-state index is -0.758. The Kier molecular flexibility index (Phi) is 7.33. The van der Waals surface area contributed by atoms with Crippen molar-refractivity contribution in [2.45, 2.75) is 43.7 Å². The Labute approximate surface area is 252 Å². The van der Waals surface area contributed by atoms with Gasteiger partial charge in [0.25, 0.3) is 0 Å². The van der Waals surface area contributed by atoms with E-state index in [0.29, 0.717) is 5.88 Å². The molecule has 0 unspecified atom stereocenters. The van der Waals surface area contributed by atoms with Crippen molar-refractivity contribution in [1.29, 1.82) is 0 Å². The molecular formula is C37H35N5O. The van der Waals surface area contributed by atoms with Crippen molar-refractivity contribution in [3.8, 4) is 5.88 Å². The maximum absolute atomic E-state index is 6.69. The highest BCUT2D eigenvalue weighted by atomic mass is 16.5. The third-order valence-corrected chi connectivity index (χ3v) is 8.47. The molecule has 3 heterocycles. The van der Waals surface area contributed by atoms with Gasteiger partial charge in [-0.2, -0.15) is 10.2 Å². The van der Waals surface area contributed by atoms with E-state index in [4.69, 9.17) is 14.8 Å². The maximum atomic E-state index is 6.69. The molecule has 214 valence electrons. The lowest BCUT2D eigenvalue weighted by atomic mass is 9.77. The average Bonchev–Trinajstić information content (AvgIpc) is 3.66. The highest BCUT2D eigenvalue weighted by Gasteiger charge is 2.41. The van der Waals surface area contributed by atoms with Crippen molar-refractivity contribution >= 4 is 23.1 Å². The van der Waals surface area contributed by atoms with E-state index in [1.54, 1.807) is 4.68 Å². The minimum absolute atomic E-state index is 0.160. The molecule has 3 aromatic carbocycles. The molecule has 43 heavy (non-hydrogen) atoms. The number of hydrogen-bond acceptors (Lipinski definition) is 4. The van der Waals surface area contributed by atoms with Crippen LogP contribution < -0.4 is 4.74 Å². The summed E-state index contributed by atoms with van der Waals surface area (Å²) in [5.41, 5.74) is 5.37. The van der Waals surface area contributed by atoms with Crippen LogP contribution in [0.5, 0.6) is 5.88 Å². The molecule has 1 fully saturated rings. The third kappa shape index (κ3) is 5.03. The normalized spacial score (nSPS) is 14.4. The van der Waals surface area contributed by atoms with Crippen LogP contribution in [0.15, 0.2) is 116 Å². The van der Waals surface area contributed by atoms with E-state index in [1.807, 2.05) is 25.6 Å². The fourth-order valence-electron chi connectivity index (χ4n) is 6.47. The highest BCUT2D eigenvalue weighted by molar-refractivity contribution is 5.94. The molecule has 6 aromatic rings. The van der Waals surface area contributed by atoms with Gasteiger partial charge in [0.1, 0.15) is 11.6 Å². The third-order valence-electron chi connectivity index (χ3n) is 8.47.